The summed E-state index contributed by atoms with van der Waals surface area (Å²) >= 11 is 5.72. The van der Waals surface area contributed by atoms with Gasteiger partial charge in [0.2, 0.25) is 0 Å². The summed E-state index contributed by atoms with van der Waals surface area (Å²) in [6.45, 7) is -0.705. The summed E-state index contributed by atoms with van der Waals surface area (Å²) in [5, 5.41) is 2.85. The Morgan fingerprint density at radius 1 is 1.40 bits per heavy atom. The Hall–Kier alpha value is -2.21. The van der Waals surface area contributed by atoms with Crippen LogP contribution in [0, 0.1) is 0 Å². The summed E-state index contributed by atoms with van der Waals surface area (Å²) in [5.74, 6) is -0.0291. The molecule has 0 aliphatic heterocycles. The average molecular weight is 296 g/mol. The molecule has 0 unspecified atom stereocenters. The van der Waals surface area contributed by atoms with E-state index in [0.717, 1.165) is 0 Å². The molecule has 0 bridgehead atoms. The lowest BCUT2D eigenvalue weighted by atomic mass is 10.2. The van der Waals surface area contributed by atoms with Crippen molar-refractivity contribution < 1.29 is 13.9 Å². The van der Waals surface area contributed by atoms with Gasteiger partial charge in [0.05, 0.1) is 6.20 Å². The normalized spacial score (nSPS) is 10.1. The number of nitrogens with zero attached hydrogens (tertiary/aromatic N) is 2. The molecule has 0 aliphatic rings. The quantitative estimate of drug-likeness (QED) is 0.862. The number of halogens is 2. The third-order valence-electron chi connectivity index (χ3n) is 2.35. The third-order valence-corrected chi connectivity index (χ3v) is 2.56. The van der Waals surface area contributed by atoms with Crippen molar-refractivity contribution in [2.24, 2.45) is 0 Å². The van der Waals surface area contributed by atoms with Crippen molar-refractivity contribution in [3.05, 3.63) is 47.5 Å². The molecule has 2 heterocycles. The number of hydrogen-bond acceptors (Lipinski definition) is 4. The van der Waals surface area contributed by atoms with Crippen molar-refractivity contribution in [1.29, 1.82) is 0 Å². The molecule has 2 rings (SSSR count). The van der Waals surface area contributed by atoms with Gasteiger partial charge in [-0.2, -0.15) is 0 Å². The van der Waals surface area contributed by atoms with E-state index < -0.39 is 6.67 Å². The van der Waals surface area contributed by atoms with E-state index >= 15 is 0 Å². The van der Waals surface area contributed by atoms with Crippen molar-refractivity contribution in [3.8, 4) is 5.75 Å². The van der Waals surface area contributed by atoms with Gasteiger partial charge in [-0.25, -0.2) is 9.37 Å². The summed E-state index contributed by atoms with van der Waals surface area (Å²) in [5.41, 5.74) is 0.712. The lowest BCUT2D eigenvalue weighted by Crippen LogP contribution is -2.13. The number of hydrogen-bond donors (Lipinski definition) is 1. The van der Waals surface area contributed by atoms with E-state index in [1.807, 2.05) is 0 Å². The molecule has 0 fully saturated rings. The Labute approximate surface area is 119 Å². The van der Waals surface area contributed by atoms with Crippen LogP contribution in [0.3, 0.4) is 0 Å². The van der Waals surface area contributed by atoms with Gasteiger partial charge in [0.1, 0.15) is 29.9 Å². The highest BCUT2D eigenvalue weighted by Gasteiger charge is 2.10. The minimum atomic E-state index is -0.615. The number of carbonyl (C=O) groups is 1. The standard InChI is InChI=1S/C13H11ClFN3O2/c14-12-7-9(1-5-17-12)13(19)18-10-8-16-4-2-11(10)20-6-3-15/h1-2,4-5,7-8H,3,6H2,(H,18,19). The molecule has 0 atom stereocenters. The first kappa shape index (κ1) is 14.2. The van der Waals surface area contributed by atoms with Crippen LogP contribution in [-0.4, -0.2) is 29.2 Å². The van der Waals surface area contributed by atoms with E-state index in [1.165, 1.54) is 30.7 Å². The number of pyridine rings is 2. The van der Waals surface area contributed by atoms with Gasteiger partial charge >= 0.3 is 0 Å². The smallest absolute Gasteiger partial charge is 0.255 e. The molecule has 7 heteroatoms. The summed E-state index contributed by atoms with van der Waals surface area (Å²) in [7, 11) is 0. The second kappa shape index (κ2) is 6.81. The largest absolute Gasteiger partial charge is 0.489 e. The van der Waals surface area contributed by atoms with Crippen molar-refractivity contribution in [3.63, 3.8) is 0 Å². The minimum absolute atomic E-state index is 0.0893. The van der Waals surface area contributed by atoms with E-state index in [1.54, 1.807) is 6.07 Å². The summed E-state index contributed by atoms with van der Waals surface area (Å²) in [6.07, 6.45) is 4.35. The Bertz CT molecular complexity index is 610. The number of amides is 1. The number of anilines is 1. The zero-order chi connectivity index (χ0) is 14.4. The Morgan fingerprint density at radius 2 is 2.25 bits per heavy atom. The first-order valence-corrected chi connectivity index (χ1v) is 6.14. The van der Waals surface area contributed by atoms with E-state index in [2.05, 4.69) is 15.3 Å². The predicted octanol–water partition coefficient (Wildman–Crippen LogP) is 2.73. The van der Waals surface area contributed by atoms with Gasteiger partial charge < -0.3 is 10.1 Å². The van der Waals surface area contributed by atoms with Crippen molar-refractivity contribution in [2.45, 2.75) is 0 Å². The molecule has 1 amide bonds. The third kappa shape index (κ3) is 3.64. The lowest BCUT2D eigenvalue weighted by Gasteiger charge is -2.10. The number of ether oxygens (including phenoxy) is 1. The van der Waals surface area contributed by atoms with Gasteiger partial charge in [0.25, 0.3) is 5.91 Å². The van der Waals surface area contributed by atoms with Crippen LogP contribution in [-0.2, 0) is 0 Å². The van der Waals surface area contributed by atoms with Gasteiger partial charge in [-0.3, -0.25) is 9.78 Å². The maximum Gasteiger partial charge on any atom is 0.255 e. The average Bonchev–Trinajstić information content (AvgIpc) is 2.46. The predicted molar refractivity (Wildman–Crippen MR) is 72.9 cm³/mol. The second-order valence-electron chi connectivity index (χ2n) is 3.73. The molecule has 20 heavy (non-hydrogen) atoms. The monoisotopic (exact) mass is 295 g/mol. The van der Waals surface area contributed by atoms with E-state index in [-0.39, 0.29) is 17.7 Å². The Balaban J connectivity index is 2.15. The maximum atomic E-state index is 12.1. The summed E-state index contributed by atoms with van der Waals surface area (Å²) < 4.78 is 17.3. The summed E-state index contributed by atoms with van der Waals surface area (Å²) in [6, 6.07) is 4.51. The van der Waals surface area contributed by atoms with Crippen LogP contribution in [0.4, 0.5) is 10.1 Å². The first-order valence-electron chi connectivity index (χ1n) is 5.76. The molecule has 2 aromatic rings. The van der Waals surface area contributed by atoms with Crippen LogP contribution >= 0.6 is 11.6 Å². The van der Waals surface area contributed by atoms with E-state index in [0.29, 0.717) is 17.0 Å². The SMILES string of the molecule is O=C(Nc1cnccc1OCCF)c1ccnc(Cl)c1. The van der Waals surface area contributed by atoms with Crippen LogP contribution in [0.2, 0.25) is 5.15 Å². The molecule has 0 saturated carbocycles. The molecule has 0 aromatic carbocycles. The summed E-state index contributed by atoms with van der Waals surface area (Å²) in [4.78, 5) is 19.7. The fourth-order valence-electron chi connectivity index (χ4n) is 1.49. The Kier molecular flexibility index (Phi) is 4.84. The highest BCUT2D eigenvalue weighted by atomic mass is 35.5. The molecular formula is C13H11ClFN3O2. The van der Waals surface area contributed by atoms with Crippen molar-refractivity contribution in [1.82, 2.24) is 9.97 Å². The molecule has 2 aromatic heterocycles. The second-order valence-corrected chi connectivity index (χ2v) is 4.12. The highest BCUT2D eigenvalue weighted by Crippen LogP contribution is 2.23. The number of carbonyl (C=O) groups excluding carboxylic acids is 1. The zero-order valence-electron chi connectivity index (χ0n) is 10.3. The molecule has 0 spiro atoms. The van der Waals surface area contributed by atoms with Gasteiger partial charge in [-0.1, -0.05) is 11.6 Å². The minimum Gasteiger partial charge on any atom is -0.489 e. The fraction of sp³-hybridized carbons (Fsp3) is 0.154. The van der Waals surface area contributed by atoms with Gasteiger partial charge in [0.15, 0.2) is 0 Å². The number of aromatic nitrogens is 2. The lowest BCUT2D eigenvalue weighted by molar-refractivity contribution is 0.102. The molecule has 0 radical (unpaired) electrons. The molecule has 104 valence electrons. The van der Waals surface area contributed by atoms with Gasteiger partial charge in [-0.15, -0.1) is 0 Å². The zero-order valence-corrected chi connectivity index (χ0v) is 11.1. The topological polar surface area (TPSA) is 64.1 Å². The van der Waals surface area contributed by atoms with Gasteiger partial charge in [-0.05, 0) is 12.1 Å². The number of rotatable bonds is 5. The Morgan fingerprint density at radius 3 is 3.00 bits per heavy atom. The fourth-order valence-corrected chi connectivity index (χ4v) is 1.66. The molecule has 5 nitrogen and oxygen atoms in total. The van der Waals surface area contributed by atoms with E-state index in [9.17, 15) is 9.18 Å². The molecule has 0 aliphatic carbocycles. The molecular weight excluding hydrogens is 285 g/mol. The van der Waals surface area contributed by atoms with Crippen LogP contribution in [0.1, 0.15) is 10.4 Å². The maximum absolute atomic E-state index is 12.1. The van der Waals surface area contributed by atoms with Crippen molar-refractivity contribution >= 4 is 23.2 Å². The van der Waals surface area contributed by atoms with Crippen LogP contribution in [0.25, 0.3) is 0 Å². The van der Waals surface area contributed by atoms with Crippen LogP contribution in [0.15, 0.2) is 36.8 Å². The van der Waals surface area contributed by atoms with E-state index in [4.69, 9.17) is 16.3 Å². The van der Waals surface area contributed by atoms with Crippen molar-refractivity contribution in [2.75, 3.05) is 18.6 Å². The van der Waals surface area contributed by atoms with Gasteiger partial charge in [0, 0.05) is 24.0 Å². The van der Waals surface area contributed by atoms with Crippen LogP contribution < -0.4 is 10.1 Å². The number of nitrogens with one attached hydrogen (secondary N) is 1. The van der Waals surface area contributed by atoms with Crippen LogP contribution in [0.5, 0.6) is 5.75 Å². The number of alkyl halides is 1. The highest BCUT2D eigenvalue weighted by molar-refractivity contribution is 6.29. The molecule has 0 saturated heterocycles. The molecule has 1 N–H and O–H groups in total. The first-order chi connectivity index (χ1) is 9.70.